The SMILES string of the molecule is COc1ccc(C#CC2C[C@H]3c4ccccc4[C@@H]2N3S(=O)(=O)c2ccc(C)cc2)cc1. The summed E-state index contributed by atoms with van der Waals surface area (Å²) >= 11 is 0. The highest BCUT2D eigenvalue weighted by atomic mass is 32.2. The van der Waals surface area contributed by atoms with Crippen molar-refractivity contribution in [1.82, 2.24) is 4.31 Å². The van der Waals surface area contributed by atoms with E-state index >= 15 is 0 Å². The summed E-state index contributed by atoms with van der Waals surface area (Å²) in [5.41, 5.74) is 4.11. The Kier molecular flexibility index (Phi) is 4.85. The van der Waals surface area contributed by atoms with Gasteiger partial charge >= 0.3 is 0 Å². The van der Waals surface area contributed by atoms with Crippen molar-refractivity contribution in [3.8, 4) is 17.6 Å². The van der Waals surface area contributed by atoms with Crippen LogP contribution < -0.4 is 4.74 Å². The maximum Gasteiger partial charge on any atom is 0.244 e. The maximum atomic E-state index is 13.6. The smallest absolute Gasteiger partial charge is 0.244 e. The van der Waals surface area contributed by atoms with E-state index in [-0.39, 0.29) is 18.0 Å². The normalized spacial score (nSPS) is 21.9. The van der Waals surface area contributed by atoms with Crippen LogP contribution in [-0.4, -0.2) is 19.8 Å². The van der Waals surface area contributed by atoms with E-state index in [9.17, 15) is 8.42 Å². The fourth-order valence-electron chi connectivity index (χ4n) is 4.68. The van der Waals surface area contributed by atoms with Gasteiger partial charge in [0, 0.05) is 11.5 Å². The minimum atomic E-state index is -3.63. The molecule has 3 atom stereocenters. The molecule has 0 amide bonds. The minimum absolute atomic E-state index is 0.0535. The van der Waals surface area contributed by atoms with Gasteiger partial charge in [0.2, 0.25) is 10.0 Å². The summed E-state index contributed by atoms with van der Waals surface area (Å²) in [5, 5.41) is 0. The Balaban J connectivity index is 1.53. The van der Waals surface area contributed by atoms with Gasteiger partial charge in [0.15, 0.2) is 0 Å². The third kappa shape index (κ3) is 3.33. The Morgan fingerprint density at radius 1 is 0.935 bits per heavy atom. The second-order valence-corrected chi connectivity index (χ2v) is 9.92. The molecule has 0 N–H and O–H groups in total. The quantitative estimate of drug-likeness (QED) is 0.559. The van der Waals surface area contributed by atoms with Crippen molar-refractivity contribution in [2.24, 2.45) is 5.92 Å². The molecule has 0 aliphatic carbocycles. The molecule has 2 aliphatic rings. The lowest BCUT2D eigenvalue weighted by molar-refractivity contribution is 0.356. The fraction of sp³-hybridized carbons (Fsp3) is 0.231. The predicted molar refractivity (Wildman–Crippen MR) is 120 cm³/mol. The van der Waals surface area contributed by atoms with Crippen LogP contribution in [-0.2, 0) is 10.0 Å². The Morgan fingerprint density at radius 3 is 2.29 bits per heavy atom. The first-order valence-corrected chi connectivity index (χ1v) is 11.8. The molecule has 1 saturated heterocycles. The highest BCUT2D eigenvalue weighted by Crippen LogP contribution is 2.58. The van der Waals surface area contributed by atoms with Crippen LogP contribution in [0.2, 0.25) is 0 Å². The van der Waals surface area contributed by atoms with Crippen LogP contribution in [0, 0.1) is 24.7 Å². The zero-order valence-corrected chi connectivity index (χ0v) is 18.3. The van der Waals surface area contributed by atoms with Gasteiger partial charge in [-0.2, -0.15) is 4.31 Å². The monoisotopic (exact) mass is 429 g/mol. The second kappa shape index (κ2) is 7.56. The first kappa shape index (κ1) is 19.9. The zero-order chi connectivity index (χ0) is 21.6. The highest BCUT2D eigenvalue weighted by molar-refractivity contribution is 7.89. The molecule has 0 saturated carbocycles. The number of sulfonamides is 1. The summed E-state index contributed by atoms with van der Waals surface area (Å²) < 4.78 is 34.2. The number of benzene rings is 3. The summed E-state index contributed by atoms with van der Waals surface area (Å²) in [7, 11) is -2.00. The van der Waals surface area contributed by atoms with Gasteiger partial charge in [-0.05, 0) is 60.9 Å². The van der Waals surface area contributed by atoms with E-state index in [4.69, 9.17) is 4.74 Å². The van der Waals surface area contributed by atoms with Crippen molar-refractivity contribution in [3.05, 3.63) is 95.1 Å². The molecular formula is C26H23NO3S. The third-order valence-electron chi connectivity index (χ3n) is 6.20. The standard InChI is InChI=1S/C26H23NO3S/c1-18-7-15-22(16-8-18)31(28,29)27-25-17-20(26(27)24-6-4-3-5-23(24)25)12-9-19-10-13-21(30-2)14-11-19/h3-8,10-11,13-16,20,25-26H,17H2,1-2H3/t20?,25-,26+/m0/s1. The zero-order valence-electron chi connectivity index (χ0n) is 17.4. The number of fused-ring (bicyclic) bond motifs is 5. The summed E-state index contributed by atoms with van der Waals surface area (Å²) in [6.07, 6.45) is 0.704. The Morgan fingerprint density at radius 2 is 1.61 bits per heavy atom. The molecule has 31 heavy (non-hydrogen) atoms. The fourth-order valence-corrected chi connectivity index (χ4v) is 6.50. The van der Waals surface area contributed by atoms with Crippen LogP contribution in [0.15, 0.2) is 77.7 Å². The van der Waals surface area contributed by atoms with E-state index in [0.29, 0.717) is 11.3 Å². The van der Waals surface area contributed by atoms with Crippen molar-refractivity contribution in [1.29, 1.82) is 0 Å². The Labute approximate surface area is 183 Å². The first-order chi connectivity index (χ1) is 15.0. The van der Waals surface area contributed by atoms with Crippen LogP contribution in [0.5, 0.6) is 5.75 Å². The van der Waals surface area contributed by atoms with Gasteiger partial charge in [0.25, 0.3) is 0 Å². The number of hydrogen-bond acceptors (Lipinski definition) is 3. The summed E-state index contributed by atoms with van der Waals surface area (Å²) in [4.78, 5) is 0.338. The molecule has 5 rings (SSSR count). The minimum Gasteiger partial charge on any atom is -0.497 e. The van der Waals surface area contributed by atoms with E-state index in [0.717, 1.165) is 28.0 Å². The van der Waals surface area contributed by atoms with Crippen molar-refractivity contribution in [2.45, 2.75) is 30.3 Å². The molecule has 0 aromatic heterocycles. The Hall–Kier alpha value is -3.07. The number of rotatable bonds is 3. The van der Waals surface area contributed by atoms with Gasteiger partial charge < -0.3 is 4.74 Å². The van der Waals surface area contributed by atoms with Gasteiger partial charge in [-0.3, -0.25) is 0 Å². The Bertz CT molecular complexity index is 1280. The topological polar surface area (TPSA) is 46.6 Å². The molecule has 1 unspecified atom stereocenters. The number of aryl methyl sites for hydroxylation is 1. The van der Waals surface area contributed by atoms with Crippen LogP contribution in [0.1, 0.15) is 40.8 Å². The lowest BCUT2D eigenvalue weighted by Gasteiger charge is -2.23. The molecule has 0 radical (unpaired) electrons. The average molecular weight is 430 g/mol. The summed E-state index contributed by atoms with van der Waals surface area (Å²) in [6, 6.07) is 22.3. The van der Waals surface area contributed by atoms with Crippen LogP contribution in [0.4, 0.5) is 0 Å². The molecular weight excluding hydrogens is 406 g/mol. The van der Waals surface area contributed by atoms with E-state index < -0.39 is 10.0 Å². The van der Waals surface area contributed by atoms with Gasteiger partial charge in [0.05, 0.1) is 24.1 Å². The van der Waals surface area contributed by atoms with Crippen molar-refractivity contribution in [3.63, 3.8) is 0 Å². The number of ether oxygens (including phenoxy) is 1. The van der Waals surface area contributed by atoms with Crippen LogP contribution in [0.3, 0.4) is 0 Å². The molecule has 3 aromatic rings. The van der Waals surface area contributed by atoms with E-state index in [1.54, 1.807) is 23.5 Å². The molecule has 4 nitrogen and oxygen atoms in total. The van der Waals surface area contributed by atoms with Crippen LogP contribution in [0.25, 0.3) is 0 Å². The molecule has 156 valence electrons. The number of nitrogens with zero attached hydrogens (tertiary/aromatic N) is 1. The summed E-state index contributed by atoms with van der Waals surface area (Å²) in [6.45, 7) is 1.95. The molecule has 2 aliphatic heterocycles. The van der Waals surface area contributed by atoms with E-state index in [1.807, 2.05) is 67.6 Å². The van der Waals surface area contributed by atoms with Gasteiger partial charge in [-0.15, -0.1) is 0 Å². The molecule has 1 fully saturated rings. The third-order valence-corrected chi connectivity index (χ3v) is 8.11. The number of methoxy groups -OCH3 is 1. The van der Waals surface area contributed by atoms with E-state index in [2.05, 4.69) is 11.8 Å². The maximum absolute atomic E-state index is 13.6. The highest BCUT2D eigenvalue weighted by Gasteiger charge is 2.54. The van der Waals surface area contributed by atoms with Crippen molar-refractivity contribution in [2.75, 3.05) is 7.11 Å². The molecule has 2 heterocycles. The average Bonchev–Trinajstić information content (AvgIpc) is 3.33. The van der Waals surface area contributed by atoms with Crippen molar-refractivity contribution < 1.29 is 13.2 Å². The van der Waals surface area contributed by atoms with Gasteiger partial charge in [-0.25, -0.2) is 8.42 Å². The van der Waals surface area contributed by atoms with Gasteiger partial charge in [0.1, 0.15) is 5.75 Å². The molecule has 3 aromatic carbocycles. The lowest BCUT2D eigenvalue weighted by Crippen LogP contribution is -2.29. The molecule has 2 bridgehead atoms. The predicted octanol–water partition coefficient (Wildman–Crippen LogP) is 4.86. The largest absolute Gasteiger partial charge is 0.497 e. The molecule has 5 heteroatoms. The lowest BCUT2D eigenvalue weighted by atomic mass is 9.84. The first-order valence-electron chi connectivity index (χ1n) is 10.3. The second-order valence-electron chi connectivity index (χ2n) is 8.08. The van der Waals surface area contributed by atoms with E-state index in [1.165, 1.54) is 0 Å². The van der Waals surface area contributed by atoms with Gasteiger partial charge in [-0.1, -0.05) is 53.8 Å². The summed E-state index contributed by atoms with van der Waals surface area (Å²) in [5.74, 6) is 7.35. The van der Waals surface area contributed by atoms with Crippen molar-refractivity contribution >= 4 is 10.0 Å². The number of hydrogen-bond donors (Lipinski definition) is 0. The molecule has 0 spiro atoms. The van der Waals surface area contributed by atoms with Crippen LogP contribution >= 0.6 is 0 Å².